The van der Waals surface area contributed by atoms with Crippen LogP contribution >= 0.6 is 0 Å². The molecule has 0 bridgehead atoms. The Morgan fingerprint density at radius 1 is 1.56 bits per heavy atom. The Bertz CT molecular complexity index is 388. The SMILES string of the molecule is COCOc1cccc([C@@H]2C[C@H]2C(=O)O)c1. The molecule has 1 aromatic rings. The van der Waals surface area contributed by atoms with Crippen LogP contribution in [0.25, 0.3) is 0 Å². The first-order chi connectivity index (χ1) is 7.72. The molecule has 0 aromatic heterocycles. The maximum Gasteiger partial charge on any atom is 0.307 e. The first-order valence-corrected chi connectivity index (χ1v) is 5.17. The summed E-state index contributed by atoms with van der Waals surface area (Å²) in [6.07, 6.45) is 0.725. The largest absolute Gasteiger partial charge is 0.481 e. The van der Waals surface area contributed by atoms with Crippen molar-refractivity contribution in [1.82, 2.24) is 0 Å². The normalized spacial score (nSPS) is 22.8. The predicted octanol–water partition coefficient (Wildman–Crippen LogP) is 1.86. The Balaban J connectivity index is 2.03. The summed E-state index contributed by atoms with van der Waals surface area (Å²) in [4.78, 5) is 10.8. The van der Waals surface area contributed by atoms with E-state index in [1.54, 1.807) is 7.11 Å². The quantitative estimate of drug-likeness (QED) is 0.772. The molecule has 0 spiro atoms. The number of rotatable bonds is 5. The molecule has 0 aliphatic heterocycles. The van der Waals surface area contributed by atoms with Gasteiger partial charge in [0, 0.05) is 7.11 Å². The molecule has 0 amide bonds. The maximum absolute atomic E-state index is 10.8. The van der Waals surface area contributed by atoms with Gasteiger partial charge in [-0.1, -0.05) is 12.1 Å². The minimum absolute atomic E-state index is 0.142. The summed E-state index contributed by atoms with van der Waals surface area (Å²) in [5, 5.41) is 8.84. The van der Waals surface area contributed by atoms with Crippen LogP contribution in [-0.4, -0.2) is 25.0 Å². The zero-order valence-corrected chi connectivity index (χ0v) is 9.05. The van der Waals surface area contributed by atoms with Crippen LogP contribution in [0.15, 0.2) is 24.3 Å². The van der Waals surface area contributed by atoms with Gasteiger partial charge in [0.25, 0.3) is 0 Å². The van der Waals surface area contributed by atoms with E-state index in [2.05, 4.69) is 0 Å². The third-order valence-electron chi connectivity index (χ3n) is 2.74. The van der Waals surface area contributed by atoms with E-state index < -0.39 is 5.97 Å². The molecule has 1 fully saturated rings. The van der Waals surface area contributed by atoms with Crippen LogP contribution in [0.4, 0.5) is 0 Å². The molecule has 1 aliphatic carbocycles. The molecular formula is C12H14O4. The average Bonchev–Trinajstić information content (AvgIpc) is 3.07. The van der Waals surface area contributed by atoms with Gasteiger partial charge in [0.2, 0.25) is 0 Å². The van der Waals surface area contributed by atoms with Gasteiger partial charge in [-0.15, -0.1) is 0 Å². The molecule has 1 saturated carbocycles. The number of carboxylic acid groups (broad SMARTS) is 1. The number of hydrogen-bond acceptors (Lipinski definition) is 3. The lowest BCUT2D eigenvalue weighted by atomic mass is 10.1. The molecule has 1 N–H and O–H groups in total. The molecule has 86 valence electrons. The number of aliphatic carboxylic acids is 1. The van der Waals surface area contributed by atoms with Gasteiger partial charge in [0.05, 0.1) is 5.92 Å². The van der Waals surface area contributed by atoms with Crippen molar-refractivity contribution in [3.8, 4) is 5.75 Å². The van der Waals surface area contributed by atoms with E-state index in [4.69, 9.17) is 14.6 Å². The molecule has 0 heterocycles. The highest BCUT2D eigenvalue weighted by molar-refractivity contribution is 5.75. The lowest BCUT2D eigenvalue weighted by molar-refractivity contribution is -0.138. The second-order valence-corrected chi connectivity index (χ2v) is 3.91. The van der Waals surface area contributed by atoms with Crippen molar-refractivity contribution in [3.05, 3.63) is 29.8 Å². The van der Waals surface area contributed by atoms with Crippen LogP contribution in [0.1, 0.15) is 17.9 Å². The third kappa shape index (κ3) is 2.33. The van der Waals surface area contributed by atoms with Gasteiger partial charge in [0.15, 0.2) is 6.79 Å². The molecule has 0 saturated heterocycles. The molecule has 4 nitrogen and oxygen atoms in total. The number of hydrogen-bond donors (Lipinski definition) is 1. The number of benzene rings is 1. The van der Waals surface area contributed by atoms with Crippen molar-refractivity contribution in [2.75, 3.05) is 13.9 Å². The Morgan fingerprint density at radius 3 is 3.00 bits per heavy atom. The van der Waals surface area contributed by atoms with E-state index in [0.29, 0.717) is 0 Å². The fraction of sp³-hybridized carbons (Fsp3) is 0.417. The Labute approximate surface area is 93.8 Å². The van der Waals surface area contributed by atoms with Crippen LogP contribution in [0.3, 0.4) is 0 Å². The number of methoxy groups -OCH3 is 1. The second kappa shape index (κ2) is 4.53. The maximum atomic E-state index is 10.8. The lowest BCUT2D eigenvalue weighted by Crippen LogP contribution is -2.00. The van der Waals surface area contributed by atoms with Crippen molar-refractivity contribution in [1.29, 1.82) is 0 Å². The predicted molar refractivity (Wildman–Crippen MR) is 57.4 cm³/mol. The van der Waals surface area contributed by atoms with Crippen molar-refractivity contribution in [3.63, 3.8) is 0 Å². The van der Waals surface area contributed by atoms with Crippen molar-refractivity contribution in [2.45, 2.75) is 12.3 Å². The molecule has 2 rings (SSSR count). The molecular weight excluding hydrogens is 208 g/mol. The molecule has 1 aromatic carbocycles. The fourth-order valence-electron chi connectivity index (χ4n) is 1.80. The molecule has 4 heteroatoms. The minimum atomic E-state index is -0.715. The summed E-state index contributed by atoms with van der Waals surface area (Å²) in [5.41, 5.74) is 1.03. The third-order valence-corrected chi connectivity index (χ3v) is 2.74. The highest BCUT2D eigenvalue weighted by Gasteiger charge is 2.44. The van der Waals surface area contributed by atoms with Gasteiger partial charge < -0.3 is 14.6 Å². The van der Waals surface area contributed by atoms with Crippen molar-refractivity contribution in [2.24, 2.45) is 5.92 Å². The van der Waals surface area contributed by atoms with E-state index in [-0.39, 0.29) is 18.6 Å². The van der Waals surface area contributed by atoms with E-state index in [9.17, 15) is 4.79 Å². The number of carboxylic acids is 1. The van der Waals surface area contributed by atoms with Gasteiger partial charge in [-0.2, -0.15) is 0 Å². The molecule has 0 radical (unpaired) electrons. The monoisotopic (exact) mass is 222 g/mol. The van der Waals surface area contributed by atoms with Gasteiger partial charge in [-0.3, -0.25) is 4.79 Å². The number of ether oxygens (including phenoxy) is 2. The van der Waals surface area contributed by atoms with Gasteiger partial charge >= 0.3 is 5.97 Å². The number of carbonyl (C=O) groups is 1. The second-order valence-electron chi connectivity index (χ2n) is 3.91. The molecule has 16 heavy (non-hydrogen) atoms. The Hall–Kier alpha value is -1.55. The van der Waals surface area contributed by atoms with E-state index in [1.807, 2.05) is 24.3 Å². The average molecular weight is 222 g/mol. The zero-order valence-electron chi connectivity index (χ0n) is 9.05. The summed E-state index contributed by atoms with van der Waals surface area (Å²) in [6, 6.07) is 7.53. The summed E-state index contributed by atoms with van der Waals surface area (Å²) < 4.78 is 10.1. The topological polar surface area (TPSA) is 55.8 Å². The highest BCUT2D eigenvalue weighted by atomic mass is 16.7. The van der Waals surface area contributed by atoms with Crippen LogP contribution in [0.5, 0.6) is 5.75 Å². The molecule has 2 atom stereocenters. The van der Waals surface area contributed by atoms with Gasteiger partial charge in [0.1, 0.15) is 5.75 Å². The van der Waals surface area contributed by atoms with Crippen LogP contribution in [0.2, 0.25) is 0 Å². The van der Waals surface area contributed by atoms with Crippen molar-refractivity contribution >= 4 is 5.97 Å². The van der Waals surface area contributed by atoms with E-state index >= 15 is 0 Å². The summed E-state index contributed by atoms with van der Waals surface area (Å²) >= 11 is 0. The standard InChI is InChI=1S/C12H14O4/c1-15-7-16-9-4-2-3-8(5-9)10-6-11(10)12(13)14/h2-5,10-11H,6-7H2,1H3,(H,13,14)/t10-,11+/m0/s1. The Kier molecular flexibility index (Phi) is 3.10. The first-order valence-electron chi connectivity index (χ1n) is 5.17. The summed E-state index contributed by atoms with van der Waals surface area (Å²) in [6.45, 7) is 0.205. The van der Waals surface area contributed by atoms with E-state index in [0.717, 1.165) is 17.7 Å². The smallest absolute Gasteiger partial charge is 0.307 e. The zero-order chi connectivity index (χ0) is 11.5. The minimum Gasteiger partial charge on any atom is -0.481 e. The van der Waals surface area contributed by atoms with Crippen LogP contribution in [0, 0.1) is 5.92 Å². The Morgan fingerprint density at radius 2 is 2.38 bits per heavy atom. The van der Waals surface area contributed by atoms with Crippen molar-refractivity contribution < 1.29 is 19.4 Å². The van der Waals surface area contributed by atoms with Gasteiger partial charge in [-0.05, 0) is 30.0 Å². The van der Waals surface area contributed by atoms with Gasteiger partial charge in [-0.25, -0.2) is 0 Å². The summed E-state index contributed by atoms with van der Waals surface area (Å²) in [5.74, 6) is -0.0788. The van der Waals surface area contributed by atoms with Crippen LogP contribution in [-0.2, 0) is 9.53 Å². The van der Waals surface area contributed by atoms with Crippen LogP contribution < -0.4 is 4.74 Å². The first kappa shape index (κ1) is 11.0. The molecule has 1 aliphatic rings. The highest BCUT2D eigenvalue weighted by Crippen LogP contribution is 2.48. The lowest BCUT2D eigenvalue weighted by Gasteiger charge is -2.06. The summed E-state index contributed by atoms with van der Waals surface area (Å²) in [7, 11) is 1.56. The van der Waals surface area contributed by atoms with E-state index in [1.165, 1.54) is 0 Å². The fourth-order valence-corrected chi connectivity index (χ4v) is 1.80. The molecule has 0 unspecified atom stereocenters.